The Kier molecular flexibility index (Phi) is 7.32. The van der Waals surface area contributed by atoms with Gasteiger partial charge in [-0.05, 0) is 30.9 Å². The smallest absolute Gasteiger partial charge is 0.328 e. The van der Waals surface area contributed by atoms with Crippen LogP contribution >= 0.6 is 0 Å². The third kappa shape index (κ3) is 6.21. The van der Waals surface area contributed by atoms with E-state index < -0.39 is 12.0 Å². The molecule has 0 saturated carbocycles. The highest BCUT2D eigenvalue weighted by Crippen LogP contribution is 2.22. The number of aliphatic imine (C=N–C) groups is 2. The van der Waals surface area contributed by atoms with E-state index in [1.54, 1.807) is 24.3 Å². The quantitative estimate of drug-likeness (QED) is 0.234. The second kappa shape index (κ2) is 9.24. The maximum atomic E-state index is 11.2. The van der Waals surface area contributed by atoms with Gasteiger partial charge in [-0.1, -0.05) is 18.2 Å². The third-order valence-electron chi connectivity index (χ3n) is 3.12. The molecule has 0 heterocycles. The van der Waals surface area contributed by atoms with Gasteiger partial charge in [0.15, 0.2) is 5.96 Å². The number of carboxylic acids is 1. The number of nitrogens with two attached hydrogens (primary N) is 2. The van der Waals surface area contributed by atoms with E-state index in [0.29, 0.717) is 36.9 Å². The minimum Gasteiger partial charge on any atom is -0.507 e. The average Bonchev–Trinajstić information content (AvgIpc) is 2.49. The van der Waals surface area contributed by atoms with Crippen LogP contribution in [-0.2, 0) is 11.2 Å². The van der Waals surface area contributed by atoms with Crippen molar-refractivity contribution in [3.05, 3.63) is 42.0 Å². The Morgan fingerprint density at radius 3 is 2.74 bits per heavy atom. The number of carbonyl (C=O) groups is 1. The zero-order valence-electron chi connectivity index (χ0n) is 12.9. The molecule has 7 heteroatoms. The van der Waals surface area contributed by atoms with Crippen molar-refractivity contribution in [2.45, 2.75) is 25.3 Å². The first-order valence-corrected chi connectivity index (χ1v) is 7.18. The van der Waals surface area contributed by atoms with Gasteiger partial charge in [0.1, 0.15) is 11.8 Å². The van der Waals surface area contributed by atoms with Gasteiger partial charge >= 0.3 is 5.97 Å². The van der Waals surface area contributed by atoms with Crippen molar-refractivity contribution < 1.29 is 15.0 Å². The topological polar surface area (TPSA) is 134 Å². The van der Waals surface area contributed by atoms with E-state index in [-0.39, 0.29) is 11.7 Å². The minimum absolute atomic E-state index is 0.0238. The highest BCUT2D eigenvalue weighted by molar-refractivity contribution is 5.86. The molecule has 0 aliphatic rings. The fourth-order valence-corrected chi connectivity index (χ4v) is 1.96. The van der Waals surface area contributed by atoms with E-state index in [2.05, 4.69) is 16.6 Å². The summed E-state index contributed by atoms with van der Waals surface area (Å²) in [6.07, 6.45) is 4.37. The standard InChI is InChI=1S/C16H22N4O3/c1-2-5-11-6-3-7-12(14(11)21)10-20-13(15(22)23)8-4-9-19-16(17)18/h2-3,6-7,10,13,21H,1,4-5,8-9H2,(H,22,23)(H4,17,18,19)/t13-/m0/s1. The molecule has 6 N–H and O–H groups in total. The molecule has 0 aliphatic heterocycles. The fourth-order valence-electron chi connectivity index (χ4n) is 1.96. The number of rotatable bonds is 9. The lowest BCUT2D eigenvalue weighted by molar-refractivity contribution is -0.138. The molecule has 0 radical (unpaired) electrons. The molecule has 0 fully saturated rings. The molecule has 7 nitrogen and oxygen atoms in total. The summed E-state index contributed by atoms with van der Waals surface area (Å²) in [5.74, 6) is -0.974. The van der Waals surface area contributed by atoms with Crippen molar-refractivity contribution >= 4 is 18.1 Å². The maximum absolute atomic E-state index is 11.2. The van der Waals surface area contributed by atoms with Crippen molar-refractivity contribution in [3.8, 4) is 5.75 Å². The van der Waals surface area contributed by atoms with Crippen LogP contribution in [0.5, 0.6) is 5.75 Å². The highest BCUT2D eigenvalue weighted by atomic mass is 16.4. The van der Waals surface area contributed by atoms with E-state index in [1.807, 2.05) is 0 Å². The Hall–Kier alpha value is -2.83. The second-order valence-electron chi connectivity index (χ2n) is 4.93. The zero-order chi connectivity index (χ0) is 17.2. The highest BCUT2D eigenvalue weighted by Gasteiger charge is 2.15. The van der Waals surface area contributed by atoms with Gasteiger partial charge < -0.3 is 21.7 Å². The van der Waals surface area contributed by atoms with Gasteiger partial charge in [-0.25, -0.2) is 4.79 Å². The number of phenolic OH excluding ortho intramolecular Hbond substituents is 1. The summed E-state index contributed by atoms with van der Waals surface area (Å²) in [6.45, 7) is 3.98. The number of carboxylic acid groups (broad SMARTS) is 1. The lowest BCUT2D eigenvalue weighted by Crippen LogP contribution is -2.23. The van der Waals surface area contributed by atoms with Gasteiger partial charge in [-0.15, -0.1) is 6.58 Å². The van der Waals surface area contributed by atoms with Gasteiger partial charge in [0.05, 0.1) is 0 Å². The summed E-state index contributed by atoms with van der Waals surface area (Å²) in [5, 5.41) is 19.3. The first-order valence-electron chi connectivity index (χ1n) is 7.18. The van der Waals surface area contributed by atoms with Crippen LogP contribution in [0.3, 0.4) is 0 Å². The van der Waals surface area contributed by atoms with E-state index in [0.717, 1.165) is 0 Å². The predicted octanol–water partition coefficient (Wildman–Crippen LogP) is 1.05. The van der Waals surface area contributed by atoms with Crippen molar-refractivity contribution in [1.82, 2.24) is 0 Å². The monoisotopic (exact) mass is 318 g/mol. The fraction of sp³-hybridized carbons (Fsp3) is 0.312. The summed E-state index contributed by atoms with van der Waals surface area (Å²) in [7, 11) is 0. The Labute approximate surface area is 135 Å². The number of aromatic hydroxyl groups is 1. The molecule has 0 saturated heterocycles. The van der Waals surface area contributed by atoms with Gasteiger partial charge in [0, 0.05) is 18.3 Å². The molecule has 0 bridgehead atoms. The number of para-hydroxylation sites is 1. The Morgan fingerprint density at radius 1 is 1.39 bits per heavy atom. The van der Waals surface area contributed by atoms with Crippen LogP contribution in [-0.4, -0.2) is 40.9 Å². The predicted molar refractivity (Wildman–Crippen MR) is 90.9 cm³/mol. The SMILES string of the molecule is C=CCc1cccc(C=N[C@@H](CCCN=C(N)N)C(=O)O)c1O. The van der Waals surface area contributed by atoms with Crippen molar-refractivity contribution in [2.24, 2.45) is 21.5 Å². The first kappa shape index (κ1) is 18.2. The normalized spacial score (nSPS) is 12.0. The molecular weight excluding hydrogens is 296 g/mol. The van der Waals surface area contributed by atoms with Gasteiger partial charge in [-0.2, -0.15) is 0 Å². The molecule has 0 spiro atoms. The maximum Gasteiger partial charge on any atom is 0.328 e. The van der Waals surface area contributed by atoms with Crippen molar-refractivity contribution in [2.75, 3.05) is 6.54 Å². The number of guanidine groups is 1. The van der Waals surface area contributed by atoms with E-state index in [4.69, 9.17) is 11.5 Å². The Bertz CT molecular complexity index is 607. The van der Waals surface area contributed by atoms with Crippen molar-refractivity contribution in [1.29, 1.82) is 0 Å². The molecule has 23 heavy (non-hydrogen) atoms. The summed E-state index contributed by atoms with van der Waals surface area (Å²) >= 11 is 0. The molecule has 0 aromatic heterocycles. The molecule has 0 aliphatic carbocycles. The van der Waals surface area contributed by atoms with Crippen LogP contribution in [0.1, 0.15) is 24.0 Å². The molecule has 0 amide bonds. The largest absolute Gasteiger partial charge is 0.507 e. The summed E-state index contributed by atoms with van der Waals surface area (Å²) in [6, 6.07) is 4.31. The lowest BCUT2D eigenvalue weighted by atomic mass is 10.1. The molecule has 1 aromatic rings. The van der Waals surface area contributed by atoms with E-state index in [1.165, 1.54) is 6.21 Å². The lowest BCUT2D eigenvalue weighted by Gasteiger charge is -2.08. The molecule has 1 rings (SSSR count). The third-order valence-corrected chi connectivity index (χ3v) is 3.12. The van der Waals surface area contributed by atoms with Crippen LogP contribution in [0.4, 0.5) is 0 Å². The number of aliphatic carboxylic acids is 1. The number of benzene rings is 1. The Balaban J connectivity index is 2.78. The van der Waals surface area contributed by atoms with Crippen LogP contribution < -0.4 is 11.5 Å². The van der Waals surface area contributed by atoms with Crippen LogP contribution in [0.2, 0.25) is 0 Å². The van der Waals surface area contributed by atoms with Crippen LogP contribution in [0.25, 0.3) is 0 Å². The van der Waals surface area contributed by atoms with Gasteiger partial charge in [0.25, 0.3) is 0 Å². The molecule has 1 aromatic carbocycles. The average molecular weight is 318 g/mol. The van der Waals surface area contributed by atoms with Crippen molar-refractivity contribution in [3.63, 3.8) is 0 Å². The Morgan fingerprint density at radius 2 is 2.13 bits per heavy atom. The molecule has 0 unspecified atom stereocenters. The number of hydrogen-bond donors (Lipinski definition) is 4. The number of nitrogens with zero attached hydrogens (tertiary/aromatic N) is 2. The number of allylic oxidation sites excluding steroid dienone is 1. The molecule has 124 valence electrons. The number of hydrogen-bond acceptors (Lipinski definition) is 4. The van der Waals surface area contributed by atoms with E-state index in [9.17, 15) is 15.0 Å². The van der Waals surface area contributed by atoms with Gasteiger partial charge in [-0.3, -0.25) is 9.98 Å². The van der Waals surface area contributed by atoms with Gasteiger partial charge in [0.2, 0.25) is 0 Å². The van der Waals surface area contributed by atoms with Crippen LogP contribution in [0, 0.1) is 0 Å². The first-order chi connectivity index (χ1) is 11.0. The molecule has 1 atom stereocenters. The summed E-state index contributed by atoms with van der Waals surface area (Å²) in [4.78, 5) is 19.1. The summed E-state index contributed by atoms with van der Waals surface area (Å²) < 4.78 is 0. The second-order valence-corrected chi connectivity index (χ2v) is 4.93. The molecular formula is C16H22N4O3. The van der Waals surface area contributed by atoms with Crippen LogP contribution in [0.15, 0.2) is 40.8 Å². The minimum atomic E-state index is -1.03. The zero-order valence-corrected chi connectivity index (χ0v) is 12.9. The summed E-state index contributed by atoms with van der Waals surface area (Å²) in [5.41, 5.74) is 11.6. The van der Waals surface area contributed by atoms with E-state index >= 15 is 0 Å². The number of phenols is 1.